The highest BCUT2D eigenvalue weighted by Gasteiger charge is 2.15. The van der Waals surface area contributed by atoms with Crippen molar-refractivity contribution >= 4 is 11.5 Å². The van der Waals surface area contributed by atoms with Crippen molar-refractivity contribution in [1.82, 2.24) is 5.32 Å². The first-order valence-electron chi connectivity index (χ1n) is 8.33. The quantitative estimate of drug-likeness (QED) is 0.764. The molecule has 1 heterocycles. The molecule has 0 radical (unpaired) electrons. The van der Waals surface area contributed by atoms with Crippen LogP contribution in [0.3, 0.4) is 0 Å². The third-order valence-corrected chi connectivity index (χ3v) is 4.22. The normalized spacial score (nSPS) is 16.6. The predicted molar refractivity (Wildman–Crippen MR) is 104 cm³/mol. The van der Waals surface area contributed by atoms with Gasteiger partial charge in [-0.2, -0.15) is 0 Å². The van der Waals surface area contributed by atoms with Gasteiger partial charge in [-0.3, -0.25) is 0 Å². The molecule has 0 aliphatic carbocycles. The SMILES string of the molecule is NC1C=C(c2ccccc2)NC(c2ccc(-c3ccccc3)cc2)=N1. The number of amidine groups is 1. The zero-order valence-electron chi connectivity index (χ0n) is 13.8. The zero-order valence-corrected chi connectivity index (χ0v) is 13.8. The molecular formula is C22H19N3. The molecule has 3 heteroatoms. The van der Waals surface area contributed by atoms with E-state index in [1.54, 1.807) is 0 Å². The Morgan fingerprint density at radius 2 is 1.16 bits per heavy atom. The summed E-state index contributed by atoms with van der Waals surface area (Å²) in [5, 5.41) is 3.41. The Morgan fingerprint density at radius 3 is 1.80 bits per heavy atom. The van der Waals surface area contributed by atoms with Gasteiger partial charge in [-0.15, -0.1) is 0 Å². The molecule has 25 heavy (non-hydrogen) atoms. The molecule has 3 aromatic carbocycles. The monoisotopic (exact) mass is 325 g/mol. The van der Waals surface area contributed by atoms with Gasteiger partial charge in [0.2, 0.25) is 0 Å². The summed E-state index contributed by atoms with van der Waals surface area (Å²) in [7, 11) is 0. The zero-order chi connectivity index (χ0) is 17.1. The molecule has 3 nitrogen and oxygen atoms in total. The van der Waals surface area contributed by atoms with Crippen molar-refractivity contribution in [2.75, 3.05) is 0 Å². The highest BCUT2D eigenvalue weighted by molar-refractivity contribution is 6.05. The van der Waals surface area contributed by atoms with Crippen LogP contribution < -0.4 is 11.1 Å². The summed E-state index contributed by atoms with van der Waals surface area (Å²) < 4.78 is 0. The Labute approximate surface area is 147 Å². The predicted octanol–water partition coefficient (Wildman–Crippen LogP) is 4.03. The van der Waals surface area contributed by atoms with Gasteiger partial charge in [0, 0.05) is 11.3 Å². The first-order chi connectivity index (χ1) is 12.3. The standard InChI is InChI=1S/C22H19N3/c23-21-15-20(18-9-5-2-6-10-18)24-22(25-21)19-13-11-17(12-14-19)16-7-3-1-4-8-16/h1-15,21H,23H2,(H,24,25). The highest BCUT2D eigenvalue weighted by atomic mass is 15.1. The number of aliphatic imine (C=N–C) groups is 1. The van der Waals surface area contributed by atoms with E-state index in [0.29, 0.717) is 0 Å². The van der Waals surface area contributed by atoms with Gasteiger partial charge in [0.25, 0.3) is 0 Å². The number of rotatable bonds is 3. The molecule has 1 aliphatic rings. The van der Waals surface area contributed by atoms with Crippen LogP contribution in [0.4, 0.5) is 0 Å². The average molecular weight is 325 g/mol. The second-order valence-corrected chi connectivity index (χ2v) is 5.98. The van der Waals surface area contributed by atoms with E-state index in [1.165, 1.54) is 11.1 Å². The third-order valence-electron chi connectivity index (χ3n) is 4.22. The molecule has 3 aromatic rings. The minimum Gasteiger partial charge on any atom is -0.340 e. The fraction of sp³-hybridized carbons (Fsp3) is 0.0455. The number of nitrogens with two attached hydrogens (primary N) is 1. The minimum atomic E-state index is -0.347. The molecule has 0 spiro atoms. The van der Waals surface area contributed by atoms with Crippen LogP contribution in [0.5, 0.6) is 0 Å². The molecule has 0 fully saturated rings. The van der Waals surface area contributed by atoms with Crippen LogP contribution in [-0.4, -0.2) is 12.0 Å². The van der Waals surface area contributed by atoms with E-state index in [9.17, 15) is 0 Å². The van der Waals surface area contributed by atoms with Crippen LogP contribution in [0.1, 0.15) is 11.1 Å². The second kappa shape index (κ2) is 6.75. The van der Waals surface area contributed by atoms with Gasteiger partial charge in [0.1, 0.15) is 12.0 Å². The summed E-state index contributed by atoms with van der Waals surface area (Å²) >= 11 is 0. The van der Waals surface area contributed by atoms with Crippen molar-refractivity contribution in [3.63, 3.8) is 0 Å². The van der Waals surface area contributed by atoms with Gasteiger partial charge in [-0.1, -0.05) is 84.9 Å². The van der Waals surface area contributed by atoms with E-state index in [1.807, 2.05) is 42.5 Å². The van der Waals surface area contributed by atoms with E-state index >= 15 is 0 Å². The molecule has 0 amide bonds. The Bertz CT molecular complexity index is 911. The van der Waals surface area contributed by atoms with Crippen molar-refractivity contribution in [3.8, 4) is 11.1 Å². The maximum Gasteiger partial charge on any atom is 0.134 e. The van der Waals surface area contributed by atoms with Crippen molar-refractivity contribution in [2.45, 2.75) is 6.17 Å². The highest BCUT2D eigenvalue weighted by Crippen LogP contribution is 2.21. The Balaban J connectivity index is 1.60. The first-order valence-corrected chi connectivity index (χ1v) is 8.33. The molecule has 0 aromatic heterocycles. The third kappa shape index (κ3) is 3.37. The topological polar surface area (TPSA) is 50.4 Å². The molecule has 1 aliphatic heterocycles. The van der Waals surface area contributed by atoms with Crippen molar-refractivity contribution < 1.29 is 0 Å². The summed E-state index contributed by atoms with van der Waals surface area (Å²) in [6.45, 7) is 0. The molecule has 1 unspecified atom stereocenters. The lowest BCUT2D eigenvalue weighted by atomic mass is 10.0. The minimum absolute atomic E-state index is 0.347. The first kappa shape index (κ1) is 15.4. The van der Waals surface area contributed by atoms with Crippen LogP contribution in [0.25, 0.3) is 16.8 Å². The molecule has 0 saturated carbocycles. The van der Waals surface area contributed by atoms with E-state index in [2.05, 4.69) is 58.8 Å². The lowest BCUT2D eigenvalue weighted by molar-refractivity contribution is 0.851. The van der Waals surface area contributed by atoms with E-state index in [0.717, 1.165) is 22.7 Å². The average Bonchev–Trinajstić information content (AvgIpc) is 2.69. The van der Waals surface area contributed by atoms with Crippen molar-refractivity contribution in [2.24, 2.45) is 10.7 Å². The smallest absolute Gasteiger partial charge is 0.134 e. The summed E-state index contributed by atoms with van der Waals surface area (Å²) in [5.41, 5.74) is 11.6. The molecule has 0 saturated heterocycles. The van der Waals surface area contributed by atoms with E-state index < -0.39 is 0 Å². The van der Waals surface area contributed by atoms with Gasteiger partial charge in [-0.05, 0) is 22.8 Å². The number of benzene rings is 3. The Hall–Kier alpha value is -3.17. The lowest BCUT2D eigenvalue weighted by Crippen LogP contribution is -2.32. The number of nitrogens with zero attached hydrogens (tertiary/aromatic N) is 1. The number of nitrogens with one attached hydrogen (secondary N) is 1. The number of hydrogen-bond donors (Lipinski definition) is 2. The van der Waals surface area contributed by atoms with Crippen molar-refractivity contribution in [3.05, 3.63) is 102 Å². The van der Waals surface area contributed by atoms with Crippen LogP contribution in [0.2, 0.25) is 0 Å². The van der Waals surface area contributed by atoms with Crippen LogP contribution >= 0.6 is 0 Å². The molecular weight excluding hydrogens is 306 g/mol. The summed E-state index contributed by atoms with van der Waals surface area (Å²) in [6.07, 6.45) is 1.59. The van der Waals surface area contributed by atoms with Gasteiger partial charge in [-0.25, -0.2) is 4.99 Å². The summed E-state index contributed by atoms with van der Waals surface area (Å²) in [4.78, 5) is 4.54. The van der Waals surface area contributed by atoms with Gasteiger partial charge >= 0.3 is 0 Å². The van der Waals surface area contributed by atoms with E-state index in [-0.39, 0.29) is 6.17 Å². The van der Waals surface area contributed by atoms with E-state index in [4.69, 9.17) is 5.73 Å². The summed E-state index contributed by atoms with van der Waals surface area (Å²) in [6, 6.07) is 28.9. The Morgan fingerprint density at radius 1 is 0.640 bits per heavy atom. The number of hydrogen-bond acceptors (Lipinski definition) is 3. The van der Waals surface area contributed by atoms with Crippen LogP contribution in [-0.2, 0) is 0 Å². The van der Waals surface area contributed by atoms with Gasteiger partial charge in [0.05, 0.1) is 0 Å². The largest absolute Gasteiger partial charge is 0.340 e. The fourth-order valence-corrected chi connectivity index (χ4v) is 2.94. The lowest BCUT2D eigenvalue weighted by Gasteiger charge is -2.21. The van der Waals surface area contributed by atoms with Crippen LogP contribution in [0, 0.1) is 0 Å². The molecule has 3 N–H and O–H groups in total. The van der Waals surface area contributed by atoms with Gasteiger partial charge < -0.3 is 11.1 Å². The fourth-order valence-electron chi connectivity index (χ4n) is 2.94. The van der Waals surface area contributed by atoms with Crippen LogP contribution in [0.15, 0.2) is 96.0 Å². The maximum atomic E-state index is 6.11. The molecule has 0 bridgehead atoms. The maximum absolute atomic E-state index is 6.11. The second-order valence-electron chi connectivity index (χ2n) is 5.98. The van der Waals surface area contributed by atoms with Gasteiger partial charge in [0.15, 0.2) is 0 Å². The van der Waals surface area contributed by atoms with Crippen molar-refractivity contribution in [1.29, 1.82) is 0 Å². The summed E-state index contributed by atoms with van der Waals surface area (Å²) in [5.74, 6) is 0.800. The Kier molecular flexibility index (Phi) is 4.15. The molecule has 1 atom stereocenters. The molecule has 4 rings (SSSR count). The molecule has 122 valence electrons.